The maximum Gasteiger partial charge on any atom is 0.234 e. The molecule has 1 unspecified atom stereocenters. The van der Waals surface area contributed by atoms with Crippen molar-refractivity contribution in [2.45, 2.75) is 32.0 Å². The lowest BCUT2D eigenvalue weighted by Crippen LogP contribution is -2.41. The number of carbonyl (C=O) groups is 3. The average Bonchev–Trinajstić information content (AvgIpc) is 2.46. The van der Waals surface area contributed by atoms with E-state index in [1.807, 2.05) is 6.07 Å². The molecule has 0 saturated heterocycles. The van der Waals surface area contributed by atoms with E-state index in [1.165, 1.54) is 0 Å². The molecular formula is C14H19N3O3. The highest BCUT2D eigenvalue weighted by molar-refractivity contribution is 5.80. The van der Waals surface area contributed by atoms with Crippen LogP contribution in [-0.2, 0) is 22.7 Å². The number of amides is 1. The van der Waals surface area contributed by atoms with Gasteiger partial charge in [0.15, 0.2) is 0 Å². The number of aldehydes is 2. The number of benzene rings is 1. The van der Waals surface area contributed by atoms with E-state index in [0.29, 0.717) is 25.1 Å². The number of primary amides is 1. The first kappa shape index (κ1) is 16.0. The van der Waals surface area contributed by atoms with E-state index in [-0.39, 0.29) is 6.42 Å². The van der Waals surface area contributed by atoms with Crippen LogP contribution in [0.1, 0.15) is 34.3 Å². The summed E-state index contributed by atoms with van der Waals surface area (Å²) in [5.74, 6) is -0.519. The third kappa shape index (κ3) is 4.56. The van der Waals surface area contributed by atoms with Gasteiger partial charge in [-0.1, -0.05) is 18.2 Å². The number of hydrogen-bond acceptors (Lipinski definition) is 5. The Morgan fingerprint density at radius 3 is 2.65 bits per heavy atom. The topological polar surface area (TPSA) is 115 Å². The monoisotopic (exact) mass is 277 g/mol. The molecule has 0 saturated carbocycles. The van der Waals surface area contributed by atoms with Gasteiger partial charge in [-0.2, -0.15) is 0 Å². The summed E-state index contributed by atoms with van der Waals surface area (Å²) in [4.78, 5) is 32.6. The minimum Gasteiger partial charge on any atom is -0.368 e. The summed E-state index contributed by atoms with van der Waals surface area (Å²) in [5.41, 5.74) is 13.0. The van der Waals surface area contributed by atoms with Gasteiger partial charge < -0.3 is 21.6 Å². The van der Waals surface area contributed by atoms with Crippen molar-refractivity contribution in [1.82, 2.24) is 5.32 Å². The summed E-state index contributed by atoms with van der Waals surface area (Å²) in [6, 6.07) is 4.69. The average molecular weight is 277 g/mol. The molecule has 6 heteroatoms. The Morgan fingerprint density at radius 1 is 1.35 bits per heavy atom. The second-order valence-electron chi connectivity index (χ2n) is 4.44. The molecule has 5 N–H and O–H groups in total. The Labute approximate surface area is 117 Å². The van der Waals surface area contributed by atoms with Gasteiger partial charge in [0.05, 0.1) is 6.04 Å². The number of hydrogen-bond donors (Lipinski definition) is 3. The van der Waals surface area contributed by atoms with E-state index in [0.717, 1.165) is 23.7 Å². The van der Waals surface area contributed by atoms with Gasteiger partial charge in [0, 0.05) is 25.1 Å². The van der Waals surface area contributed by atoms with Crippen LogP contribution in [0.25, 0.3) is 0 Å². The van der Waals surface area contributed by atoms with Gasteiger partial charge in [0.2, 0.25) is 5.91 Å². The van der Waals surface area contributed by atoms with Gasteiger partial charge >= 0.3 is 0 Å². The Morgan fingerprint density at radius 2 is 2.10 bits per heavy atom. The lowest BCUT2D eigenvalue weighted by Gasteiger charge is -2.15. The van der Waals surface area contributed by atoms with Crippen LogP contribution >= 0.6 is 0 Å². The van der Waals surface area contributed by atoms with Crippen molar-refractivity contribution in [3.63, 3.8) is 0 Å². The third-order valence-electron chi connectivity index (χ3n) is 3.03. The fourth-order valence-corrected chi connectivity index (χ4v) is 1.87. The van der Waals surface area contributed by atoms with E-state index in [2.05, 4.69) is 5.32 Å². The SMILES string of the molecule is NCc1ccc(C=O)c(CNC(CCC=O)C(N)=O)c1. The van der Waals surface area contributed by atoms with Crippen molar-refractivity contribution >= 4 is 18.5 Å². The molecule has 6 nitrogen and oxygen atoms in total. The molecule has 1 aromatic rings. The van der Waals surface area contributed by atoms with Crippen molar-refractivity contribution in [1.29, 1.82) is 0 Å². The molecule has 0 aromatic heterocycles. The number of nitrogens with two attached hydrogens (primary N) is 2. The molecule has 0 aliphatic carbocycles. The van der Waals surface area contributed by atoms with Gasteiger partial charge in [0.1, 0.15) is 12.6 Å². The number of nitrogens with one attached hydrogen (secondary N) is 1. The standard InChI is InChI=1S/C14H19N3O3/c15-7-10-3-4-11(9-19)12(6-10)8-17-13(14(16)20)2-1-5-18/h3-6,9,13,17H,1-2,7-8,15H2,(H2,16,20). The van der Waals surface area contributed by atoms with Crippen LogP contribution in [0.3, 0.4) is 0 Å². The van der Waals surface area contributed by atoms with E-state index >= 15 is 0 Å². The molecule has 20 heavy (non-hydrogen) atoms. The highest BCUT2D eigenvalue weighted by Gasteiger charge is 2.14. The number of rotatable bonds is 9. The van der Waals surface area contributed by atoms with E-state index in [4.69, 9.17) is 11.5 Å². The molecule has 0 heterocycles. The van der Waals surface area contributed by atoms with Crippen LogP contribution in [0.2, 0.25) is 0 Å². The predicted molar refractivity (Wildman–Crippen MR) is 74.8 cm³/mol. The lowest BCUT2D eigenvalue weighted by molar-refractivity contribution is -0.120. The van der Waals surface area contributed by atoms with Crippen LogP contribution < -0.4 is 16.8 Å². The van der Waals surface area contributed by atoms with Crippen LogP contribution in [0.4, 0.5) is 0 Å². The first-order chi connectivity index (χ1) is 9.62. The predicted octanol–water partition coefficient (Wildman–Crippen LogP) is -0.120. The molecule has 0 radical (unpaired) electrons. The Balaban J connectivity index is 2.77. The fourth-order valence-electron chi connectivity index (χ4n) is 1.87. The Bertz CT molecular complexity index is 489. The van der Waals surface area contributed by atoms with Crippen molar-refractivity contribution in [3.8, 4) is 0 Å². The fraction of sp³-hybridized carbons (Fsp3) is 0.357. The second-order valence-corrected chi connectivity index (χ2v) is 4.44. The minimum atomic E-state index is -0.596. The summed E-state index contributed by atoms with van der Waals surface area (Å²) in [5, 5.41) is 2.96. The summed E-state index contributed by atoms with van der Waals surface area (Å²) in [6.45, 7) is 0.685. The molecule has 0 bridgehead atoms. The summed E-state index contributed by atoms with van der Waals surface area (Å²) in [7, 11) is 0. The largest absolute Gasteiger partial charge is 0.368 e. The highest BCUT2D eigenvalue weighted by Crippen LogP contribution is 2.11. The van der Waals surface area contributed by atoms with Crippen molar-refractivity contribution in [2.24, 2.45) is 11.5 Å². The molecule has 0 aliphatic heterocycles. The van der Waals surface area contributed by atoms with Crippen molar-refractivity contribution in [3.05, 3.63) is 34.9 Å². The maximum absolute atomic E-state index is 11.3. The zero-order valence-electron chi connectivity index (χ0n) is 11.2. The third-order valence-corrected chi connectivity index (χ3v) is 3.03. The van der Waals surface area contributed by atoms with Crippen LogP contribution in [0.5, 0.6) is 0 Å². The van der Waals surface area contributed by atoms with Gasteiger partial charge in [0.25, 0.3) is 0 Å². The zero-order chi connectivity index (χ0) is 15.0. The van der Waals surface area contributed by atoms with Gasteiger partial charge in [-0.15, -0.1) is 0 Å². The zero-order valence-corrected chi connectivity index (χ0v) is 11.2. The summed E-state index contributed by atoms with van der Waals surface area (Å²) < 4.78 is 0. The van der Waals surface area contributed by atoms with Crippen LogP contribution in [0, 0.1) is 0 Å². The van der Waals surface area contributed by atoms with E-state index < -0.39 is 11.9 Å². The first-order valence-electron chi connectivity index (χ1n) is 6.35. The summed E-state index contributed by atoms with van der Waals surface area (Å²) >= 11 is 0. The first-order valence-corrected chi connectivity index (χ1v) is 6.35. The highest BCUT2D eigenvalue weighted by atomic mass is 16.1. The molecule has 1 aromatic carbocycles. The Kier molecular flexibility index (Phi) is 6.55. The molecule has 1 amide bonds. The number of carbonyl (C=O) groups excluding carboxylic acids is 3. The van der Waals surface area contributed by atoms with Crippen LogP contribution in [-0.4, -0.2) is 24.5 Å². The maximum atomic E-state index is 11.3. The van der Waals surface area contributed by atoms with Crippen molar-refractivity contribution in [2.75, 3.05) is 0 Å². The van der Waals surface area contributed by atoms with E-state index in [1.54, 1.807) is 12.1 Å². The van der Waals surface area contributed by atoms with Crippen LogP contribution in [0.15, 0.2) is 18.2 Å². The van der Waals surface area contributed by atoms with Gasteiger partial charge in [-0.25, -0.2) is 0 Å². The quantitative estimate of drug-likeness (QED) is 0.544. The van der Waals surface area contributed by atoms with Gasteiger partial charge in [-0.05, 0) is 17.5 Å². The van der Waals surface area contributed by atoms with Crippen molar-refractivity contribution < 1.29 is 14.4 Å². The molecule has 0 spiro atoms. The Hall–Kier alpha value is -2.05. The molecule has 0 aliphatic rings. The molecule has 0 fully saturated rings. The smallest absolute Gasteiger partial charge is 0.234 e. The molecule has 108 valence electrons. The molecular weight excluding hydrogens is 258 g/mol. The second kappa shape index (κ2) is 8.19. The van der Waals surface area contributed by atoms with Gasteiger partial charge in [-0.3, -0.25) is 9.59 Å². The molecule has 1 rings (SSSR count). The minimum absolute atomic E-state index is 0.254. The molecule has 1 atom stereocenters. The van der Waals surface area contributed by atoms with E-state index in [9.17, 15) is 14.4 Å². The summed E-state index contributed by atoms with van der Waals surface area (Å²) in [6.07, 6.45) is 2.08. The lowest BCUT2D eigenvalue weighted by atomic mass is 10.0. The normalized spacial score (nSPS) is 11.8.